The van der Waals surface area contributed by atoms with Gasteiger partial charge in [-0.1, -0.05) is 12.1 Å². The van der Waals surface area contributed by atoms with Crippen molar-refractivity contribution in [3.05, 3.63) is 66.4 Å². The standard InChI is InChI=1S/C20H21N3O4S/c1-14-7-9-18(27-3)19(11-14)28(24,25)23-16-8-10-20(21-13-16)22-15-5-4-6-17(12-15)26-2/h4-13,23H,1-3H3,(H,21,22). The fourth-order valence-electron chi connectivity index (χ4n) is 2.58. The van der Waals surface area contributed by atoms with Crippen LogP contribution in [0.3, 0.4) is 0 Å². The van der Waals surface area contributed by atoms with E-state index in [0.717, 1.165) is 17.0 Å². The zero-order chi connectivity index (χ0) is 20.1. The van der Waals surface area contributed by atoms with E-state index in [1.807, 2.05) is 31.2 Å². The second kappa shape index (κ2) is 8.18. The number of hydrogen-bond donors (Lipinski definition) is 2. The van der Waals surface area contributed by atoms with Crippen molar-refractivity contribution in [2.24, 2.45) is 0 Å². The molecule has 0 bridgehead atoms. The molecule has 3 aromatic rings. The van der Waals surface area contributed by atoms with Crippen LogP contribution in [-0.4, -0.2) is 27.6 Å². The highest BCUT2D eigenvalue weighted by Crippen LogP contribution is 2.27. The highest BCUT2D eigenvalue weighted by Gasteiger charge is 2.20. The molecule has 146 valence electrons. The lowest BCUT2D eigenvalue weighted by molar-refractivity contribution is 0.402. The molecule has 1 aromatic heterocycles. The number of nitrogens with one attached hydrogen (secondary N) is 2. The van der Waals surface area contributed by atoms with Crippen molar-refractivity contribution >= 4 is 27.2 Å². The summed E-state index contributed by atoms with van der Waals surface area (Å²) in [5, 5.41) is 3.14. The highest BCUT2D eigenvalue weighted by molar-refractivity contribution is 7.92. The summed E-state index contributed by atoms with van der Waals surface area (Å²) in [6, 6.07) is 15.7. The van der Waals surface area contributed by atoms with Gasteiger partial charge in [-0.3, -0.25) is 4.72 Å². The Balaban J connectivity index is 1.77. The number of hydrogen-bond acceptors (Lipinski definition) is 6. The highest BCUT2D eigenvalue weighted by atomic mass is 32.2. The Morgan fingerprint density at radius 2 is 1.75 bits per heavy atom. The predicted molar refractivity (Wildman–Crippen MR) is 109 cm³/mol. The van der Waals surface area contributed by atoms with Crippen LogP contribution in [0, 0.1) is 6.92 Å². The molecule has 0 radical (unpaired) electrons. The Labute approximate surface area is 164 Å². The summed E-state index contributed by atoms with van der Waals surface area (Å²) in [6.07, 6.45) is 1.45. The first-order valence-corrected chi connectivity index (χ1v) is 9.94. The molecular formula is C20H21N3O4S. The summed E-state index contributed by atoms with van der Waals surface area (Å²) in [5.41, 5.74) is 1.97. The number of anilines is 3. The van der Waals surface area contributed by atoms with E-state index in [9.17, 15) is 8.42 Å². The van der Waals surface area contributed by atoms with Crippen LogP contribution in [0.4, 0.5) is 17.2 Å². The predicted octanol–water partition coefficient (Wildman–Crippen LogP) is 3.95. The van der Waals surface area contributed by atoms with Gasteiger partial charge in [0.25, 0.3) is 10.0 Å². The first-order valence-electron chi connectivity index (χ1n) is 8.46. The van der Waals surface area contributed by atoms with Crippen molar-refractivity contribution < 1.29 is 17.9 Å². The second-order valence-corrected chi connectivity index (χ2v) is 7.70. The molecule has 0 aliphatic heterocycles. The number of sulfonamides is 1. The Morgan fingerprint density at radius 3 is 2.43 bits per heavy atom. The first-order chi connectivity index (χ1) is 13.4. The van der Waals surface area contributed by atoms with Gasteiger partial charge in [0.05, 0.1) is 26.1 Å². The molecule has 2 N–H and O–H groups in total. The summed E-state index contributed by atoms with van der Waals surface area (Å²) >= 11 is 0. The van der Waals surface area contributed by atoms with Gasteiger partial charge in [-0.15, -0.1) is 0 Å². The summed E-state index contributed by atoms with van der Waals surface area (Å²) < 4.78 is 38.4. The van der Waals surface area contributed by atoms with E-state index in [4.69, 9.17) is 9.47 Å². The van der Waals surface area contributed by atoms with E-state index in [-0.39, 0.29) is 10.6 Å². The Bertz CT molecular complexity index is 1070. The lowest BCUT2D eigenvalue weighted by Crippen LogP contribution is -2.14. The van der Waals surface area contributed by atoms with Crippen LogP contribution in [0.25, 0.3) is 0 Å². The van der Waals surface area contributed by atoms with Gasteiger partial charge in [0.1, 0.15) is 22.2 Å². The van der Waals surface area contributed by atoms with Gasteiger partial charge in [0.2, 0.25) is 0 Å². The van der Waals surface area contributed by atoms with Gasteiger partial charge in [0, 0.05) is 11.8 Å². The maximum Gasteiger partial charge on any atom is 0.265 e. The average molecular weight is 399 g/mol. The molecule has 0 atom stereocenters. The van der Waals surface area contributed by atoms with Crippen LogP contribution >= 0.6 is 0 Å². The van der Waals surface area contributed by atoms with E-state index in [1.54, 1.807) is 37.4 Å². The van der Waals surface area contributed by atoms with Gasteiger partial charge < -0.3 is 14.8 Å². The zero-order valence-corrected chi connectivity index (χ0v) is 16.6. The van der Waals surface area contributed by atoms with Crippen molar-refractivity contribution in [1.82, 2.24) is 4.98 Å². The number of rotatable bonds is 7. The molecule has 3 rings (SSSR count). The van der Waals surface area contributed by atoms with E-state index in [2.05, 4.69) is 15.0 Å². The van der Waals surface area contributed by atoms with E-state index in [1.165, 1.54) is 13.3 Å². The van der Waals surface area contributed by atoms with Gasteiger partial charge in [-0.25, -0.2) is 13.4 Å². The molecule has 8 heteroatoms. The van der Waals surface area contributed by atoms with Gasteiger partial charge in [-0.05, 0) is 48.9 Å². The van der Waals surface area contributed by atoms with Crippen LogP contribution in [0.1, 0.15) is 5.56 Å². The maximum absolute atomic E-state index is 12.7. The number of benzene rings is 2. The van der Waals surface area contributed by atoms with Crippen LogP contribution in [-0.2, 0) is 10.0 Å². The monoisotopic (exact) mass is 399 g/mol. The number of ether oxygens (including phenoxy) is 2. The minimum atomic E-state index is -3.81. The molecule has 0 aliphatic carbocycles. The molecule has 0 saturated heterocycles. The number of aryl methyl sites for hydroxylation is 1. The van der Waals surface area contributed by atoms with E-state index >= 15 is 0 Å². The molecule has 0 spiro atoms. The molecule has 2 aromatic carbocycles. The Hall–Kier alpha value is -3.26. The largest absolute Gasteiger partial charge is 0.497 e. The topological polar surface area (TPSA) is 89.6 Å². The summed E-state index contributed by atoms with van der Waals surface area (Å²) in [4.78, 5) is 4.33. The van der Waals surface area contributed by atoms with Gasteiger partial charge in [0.15, 0.2) is 0 Å². The van der Waals surface area contributed by atoms with Crippen molar-refractivity contribution in [1.29, 1.82) is 0 Å². The average Bonchev–Trinajstić information content (AvgIpc) is 2.69. The quantitative estimate of drug-likeness (QED) is 0.625. The van der Waals surface area contributed by atoms with Gasteiger partial charge >= 0.3 is 0 Å². The molecule has 0 aliphatic rings. The molecule has 7 nitrogen and oxygen atoms in total. The molecule has 0 unspecified atom stereocenters. The second-order valence-electron chi connectivity index (χ2n) is 6.05. The number of aromatic nitrogens is 1. The fourth-order valence-corrected chi connectivity index (χ4v) is 3.88. The minimum absolute atomic E-state index is 0.0774. The normalized spacial score (nSPS) is 11.0. The minimum Gasteiger partial charge on any atom is -0.497 e. The first kappa shape index (κ1) is 19.5. The molecular weight excluding hydrogens is 378 g/mol. The van der Waals surface area contributed by atoms with Crippen LogP contribution in [0.2, 0.25) is 0 Å². The molecule has 0 saturated carbocycles. The fraction of sp³-hybridized carbons (Fsp3) is 0.150. The van der Waals surface area contributed by atoms with Crippen molar-refractivity contribution in [3.63, 3.8) is 0 Å². The van der Waals surface area contributed by atoms with Crippen LogP contribution < -0.4 is 19.5 Å². The van der Waals surface area contributed by atoms with E-state index < -0.39 is 10.0 Å². The molecule has 1 heterocycles. The smallest absolute Gasteiger partial charge is 0.265 e. The van der Waals surface area contributed by atoms with Crippen molar-refractivity contribution in [3.8, 4) is 11.5 Å². The van der Waals surface area contributed by atoms with Crippen molar-refractivity contribution in [2.75, 3.05) is 24.3 Å². The third-order valence-corrected chi connectivity index (χ3v) is 5.37. The maximum atomic E-state index is 12.7. The number of pyridine rings is 1. The Morgan fingerprint density at radius 1 is 0.929 bits per heavy atom. The number of methoxy groups -OCH3 is 2. The van der Waals surface area contributed by atoms with Crippen LogP contribution in [0.15, 0.2) is 65.7 Å². The number of nitrogens with zero attached hydrogens (tertiary/aromatic N) is 1. The third kappa shape index (κ3) is 4.52. The third-order valence-electron chi connectivity index (χ3n) is 3.97. The van der Waals surface area contributed by atoms with Crippen LogP contribution in [0.5, 0.6) is 11.5 Å². The van der Waals surface area contributed by atoms with E-state index in [0.29, 0.717) is 11.5 Å². The molecule has 28 heavy (non-hydrogen) atoms. The Kier molecular flexibility index (Phi) is 5.70. The molecule has 0 amide bonds. The molecule has 0 fully saturated rings. The lowest BCUT2D eigenvalue weighted by atomic mass is 10.2. The summed E-state index contributed by atoms with van der Waals surface area (Å²) in [6.45, 7) is 1.82. The summed E-state index contributed by atoms with van der Waals surface area (Å²) in [7, 11) is -0.778. The lowest BCUT2D eigenvalue weighted by Gasteiger charge is -2.13. The zero-order valence-electron chi connectivity index (χ0n) is 15.8. The van der Waals surface area contributed by atoms with Gasteiger partial charge in [-0.2, -0.15) is 0 Å². The SMILES string of the molecule is COc1cccc(Nc2ccc(NS(=O)(=O)c3cc(C)ccc3OC)cn2)c1. The van der Waals surface area contributed by atoms with Crippen molar-refractivity contribution in [2.45, 2.75) is 11.8 Å². The summed E-state index contributed by atoms with van der Waals surface area (Å²) in [5.74, 6) is 1.58.